The molecule has 1 heterocycles. The van der Waals surface area contributed by atoms with Gasteiger partial charge in [-0.05, 0) is 51.2 Å². The number of anilines is 1. The van der Waals surface area contributed by atoms with Crippen LogP contribution in [0, 0.1) is 0 Å². The van der Waals surface area contributed by atoms with E-state index in [9.17, 15) is 4.79 Å². The third-order valence-corrected chi connectivity index (χ3v) is 5.12. The number of hydrogen-bond acceptors (Lipinski definition) is 5. The van der Waals surface area contributed by atoms with E-state index in [0.717, 1.165) is 29.5 Å². The zero-order valence-electron chi connectivity index (χ0n) is 14.5. The summed E-state index contributed by atoms with van der Waals surface area (Å²) in [6, 6.07) is 7.59. The minimum Gasteiger partial charge on any atom is -0.490 e. The molecule has 0 atom stereocenters. The Morgan fingerprint density at radius 3 is 2.72 bits per heavy atom. The van der Waals surface area contributed by atoms with Crippen LogP contribution < -0.4 is 14.8 Å². The highest BCUT2D eigenvalue weighted by Crippen LogP contribution is 2.29. The Bertz CT molecular complexity index is 691. The minimum atomic E-state index is -0.00668. The highest BCUT2D eigenvalue weighted by molar-refractivity contribution is 7.15. The molecule has 134 valence electrons. The van der Waals surface area contributed by atoms with Gasteiger partial charge in [0.2, 0.25) is 5.91 Å². The summed E-state index contributed by atoms with van der Waals surface area (Å²) in [6.07, 6.45) is 5.62. The van der Waals surface area contributed by atoms with Crippen molar-refractivity contribution in [2.75, 3.05) is 18.5 Å². The van der Waals surface area contributed by atoms with Crippen molar-refractivity contribution in [3.8, 4) is 11.5 Å². The number of fused-ring (bicyclic) bond motifs is 1. The molecular weight excluding hydrogens is 336 g/mol. The van der Waals surface area contributed by atoms with Gasteiger partial charge in [-0.25, -0.2) is 4.98 Å². The average molecular weight is 360 g/mol. The van der Waals surface area contributed by atoms with Crippen LogP contribution in [0.15, 0.2) is 24.3 Å². The third kappa shape index (κ3) is 4.95. The molecule has 3 rings (SSSR count). The van der Waals surface area contributed by atoms with Crippen LogP contribution >= 0.6 is 11.3 Å². The lowest BCUT2D eigenvalue weighted by atomic mass is 10.0. The van der Waals surface area contributed by atoms with Gasteiger partial charge in [-0.15, -0.1) is 11.3 Å². The van der Waals surface area contributed by atoms with E-state index in [1.165, 1.54) is 23.4 Å². The van der Waals surface area contributed by atoms with Crippen molar-refractivity contribution in [3.05, 3.63) is 34.8 Å². The van der Waals surface area contributed by atoms with Gasteiger partial charge in [-0.2, -0.15) is 0 Å². The molecule has 0 fully saturated rings. The summed E-state index contributed by atoms with van der Waals surface area (Å²) in [4.78, 5) is 17.9. The Kier molecular flexibility index (Phi) is 6.28. The summed E-state index contributed by atoms with van der Waals surface area (Å²) in [5.41, 5.74) is 1.17. The molecular formula is C19H24N2O3S. The van der Waals surface area contributed by atoms with Gasteiger partial charge in [0.15, 0.2) is 16.6 Å². The highest BCUT2D eigenvalue weighted by Gasteiger charge is 2.16. The van der Waals surface area contributed by atoms with E-state index in [1.807, 2.05) is 31.2 Å². The molecule has 1 aliphatic rings. The van der Waals surface area contributed by atoms with Crippen molar-refractivity contribution in [2.24, 2.45) is 0 Å². The van der Waals surface area contributed by atoms with Crippen molar-refractivity contribution in [2.45, 2.75) is 45.4 Å². The zero-order valence-corrected chi connectivity index (χ0v) is 15.4. The van der Waals surface area contributed by atoms with Gasteiger partial charge in [0, 0.05) is 11.3 Å². The van der Waals surface area contributed by atoms with Crippen LogP contribution in [0.4, 0.5) is 5.13 Å². The van der Waals surface area contributed by atoms with Crippen LogP contribution in [0.2, 0.25) is 0 Å². The lowest BCUT2D eigenvalue weighted by Crippen LogP contribution is -2.13. The molecule has 1 aliphatic carbocycles. The van der Waals surface area contributed by atoms with E-state index in [1.54, 1.807) is 11.3 Å². The fourth-order valence-electron chi connectivity index (χ4n) is 2.85. The van der Waals surface area contributed by atoms with Gasteiger partial charge >= 0.3 is 0 Å². The summed E-state index contributed by atoms with van der Waals surface area (Å²) in [7, 11) is 0. The first-order chi connectivity index (χ1) is 12.3. The first-order valence-electron chi connectivity index (χ1n) is 8.89. The number of aryl methyl sites for hydroxylation is 2. The number of thiazole rings is 1. The Morgan fingerprint density at radius 1 is 1.20 bits per heavy atom. The predicted molar refractivity (Wildman–Crippen MR) is 99.7 cm³/mol. The second-order valence-electron chi connectivity index (χ2n) is 5.98. The Labute approximate surface area is 152 Å². The molecule has 1 N–H and O–H groups in total. The highest BCUT2D eigenvalue weighted by atomic mass is 32.1. The maximum Gasteiger partial charge on any atom is 0.226 e. The second-order valence-corrected chi connectivity index (χ2v) is 7.06. The number of rotatable bonds is 8. The molecule has 0 radical (unpaired) electrons. The quantitative estimate of drug-likeness (QED) is 0.716. The van der Waals surface area contributed by atoms with Crippen LogP contribution in [-0.4, -0.2) is 24.1 Å². The molecule has 1 aromatic heterocycles. The Hall–Kier alpha value is -2.08. The van der Waals surface area contributed by atoms with Crippen molar-refractivity contribution in [3.63, 3.8) is 0 Å². The number of para-hydroxylation sites is 2. The summed E-state index contributed by atoms with van der Waals surface area (Å²) in [6.45, 7) is 3.02. The maximum absolute atomic E-state index is 12.1. The maximum atomic E-state index is 12.1. The van der Waals surface area contributed by atoms with Gasteiger partial charge in [0.25, 0.3) is 0 Å². The van der Waals surface area contributed by atoms with E-state index in [2.05, 4.69) is 10.3 Å². The normalized spacial score (nSPS) is 13.2. The number of carbonyl (C=O) groups is 1. The van der Waals surface area contributed by atoms with Crippen LogP contribution in [0.1, 0.15) is 43.2 Å². The van der Waals surface area contributed by atoms with Gasteiger partial charge in [-0.1, -0.05) is 12.1 Å². The van der Waals surface area contributed by atoms with E-state index in [-0.39, 0.29) is 5.91 Å². The van der Waals surface area contributed by atoms with Crippen LogP contribution in [0.5, 0.6) is 11.5 Å². The van der Waals surface area contributed by atoms with Crippen molar-refractivity contribution in [1.82, 2.24) is 4.98 Å². The minimum absolute atomic E-state index is 0.00668. The topological polar surface area (TPSA) is 60.5 Å². The van der Waals surface area contributed by atoms with Gasteiger partial charge in [-0.3, -0.25) is 4.79 Å². The fourth-order valence-corrected chi connectivity index (χ4v) is 3.91. The zero-order chi connectivity index (χ0) is 17.5. The number of benzene rings is 1. The number of amides is 1. The lowest BCUT2D eigenvalue weighted by molar-refractivity contribution is -0.116. The van der Waals surface area contributed by atoms with Crippen molar-refractivity contribution in [1.29, 1.82) is 0 Å². The van der Waals surface area contributed by atoms with E-state index < -0.39 is 0 Å². The largest absolute Gasteiger partial charge is 0.490 e. The molecule has 0 spiro atoms. The molecule has 5 nitrogen and oxygen atoms in total. The van der Waals surface area contributed by atoms with Gasteiger partial charge in [0.05, 0.1) is 18.9 Å². The number of hydrogen-bond donors (Lipinski definition) is 1. The number of carbonyl (C=O) groups excluding carboxylic acids is 1. The molecule has 0 saturated carbocycles. The molecule has 0 unspecified atom stereocenters. The summed E-state index contributed by atoms with van der Waals surface area (Å²) < 4.78 is 11.3. The molecule has 1 amide bonds. The van der Waals surface area contributed by atoms with E-state index in [0.29, 0.717) is 26.1 Å². The summed E-state index contributed by atoms with van der Waals surface area (Å²) in [5, 5.41) is 3.65. The smallest absolute Gasteiger partial charge is 0.226 e. The number of ether oxygens (including phenoxy) is 2. The number of aromatic nitrogens is 1. The monoisotopic (exact) mass is 360 g/mol. The molecule has 2 aromatic rings. The Balaban J connectivity index is 1.42. The molecule has 0 aliphatic heterocycles. The average Bonchev–Trinajstić information content (AvgIpc) is 3.02. The van der Waals surface area contributed by atoms with E-state index >= 15 is 0 Å². The lowest BCUT2D eigenvalue weighted by Gasteiger charge is -2.11. The van der Waals surface area contributed by atoms with Gasteiger partial charge in [0.1, 0.15) is 0 Å². The second kappa shape index (κ2) is 8.85. The van der Waals surface area contributed by atoms with Crippen LogP contribution in [-0.2, 0) is 17.6 Å². The predicted octanol–water partition coefficient (Wildman–Crippen LogP) is 4.22. The summed E-state index contributed by atoms with van der Waals surface area (Å²) >= 11 is 1.62. The number of nitrogens with one attached hydrogen (secondary N) is 1. The molecule has 6 heteroatoms. The van der Waals surface area contributed by atoms with Crippen molar-refractivity contribution < 1.29 is 14.3 Å². The summed E-state index contributed by atoms with van der Waals surface area (Å²) in [5.74, 6) is 1.45. The Morgan fingerprint density at radius 2 is 1.96 bits per heavy atom. The van der Waals surface area contributed by atoms with Crippen LogP contribution in [0.3, 0.4) is 0 Å². The van der Waals surface area contributed by atoms with Gasteiger partial charge < -0.3 is 14.8 Å². The number of nitrogens with zero attached hydrogens (tertiary/aromatic N) is 1. The van der Waals surface area contributed by atoms with Crippen molar-refractivity contribution >= 4 is 22.4 Å². The first kappa shape index (κ1) is 17.7. The fraction of sp³-hybridized carbons (Fsp3) is 0.474. The first-order valence-corrected chi connectivity index (χ1v) is 9.71. The molecule has 25 heavy (non-hydrogen) atoms. The molecule has 1 aromatic carbocycles. The molecule has 0 bridgehead atoms. The van der Waals surface area contributed by atoms with E-state index in [4.69, 9.17) is 9.47 Å². The SMILES string of the molecule is CCOc1ccccc1OCCCC(=O)Nc1nc2c(s1)CCCC2. The van der Waals surface area contributed by atoms with Crippen LogP contribution in [0.25, 0.3) is 0 Å². The standard InChI is InChI=1S/C19H24N2O3S/c1-2-23-15-9-4-5-10-16(15)24-13-7-12-18(22)21-19-20-14-8-3-6-11-17(14)25-19/h4-5,9-10H,2-3,6-8,11-13H2,1H3,(H,20,21,22). The third-order valence-electron chi connectivity index (χ3n) is 4.05. The molecule has 0 saturated heterocycles.